The molecule has 0 saturated carbocycles. The first-order valence-corrected chi connectivity index (χ1v) is 5.68. The molecule has 84 valence electrons. The second kappa shape index (κ2) is 8.20. The Labute approximate surface area is 93.5 Å². The Kier molecular flexibility index (Phi) is 8.12. The fourth-order valence-electron chi connectivity index (χ4n) is 0.862. The summed E-state index contributed by atoms with van der Waals surface area (Å²) in [6, 6.07) is 0. The molecule has 0 aliphatic carbocycles. The van der Waals surface area contributed by atoms with Crippen LogP contribution in [0.1, 0.15) is 20.8 Å². The van der Waals surface area contributed by atoms with Crippen molar-refractivity contribution in [2.45, 2.75) is 31.9 Å². The monoisotopic (exact) mass is 267 g/mol. The summed E-state index contributed by atoms with van der Waals surface area (Å²) >= 11 is 3.17. The smallest absolute Gasteiger partial charge is 0.233 e. The molecule has 1 N–H and O–H groups in total. The normalized spacial score (nSPS) is 12.9. The lowest BCUT2D eigenvalue weighted by atomic mass is 10.4. The minimum absolute atomic E-state index is 0.0607. The Bertz CT molecular complexity index is 158. The van der Waals surface area contributed by atoms with Crippen molar-refractivity contribution in [3.05, 3.63) is 0 Å². The lowest BCUT2D eigenvalue weighted by molar-refractivity contribution is -0.140. The van der Waals surface area contributed by atoms with E-state index in [0.717, 1.165) is 0 Å². The number of halogens is 1. The third-order valence-corrected chi connectivity index (χ3v) is 1.93. The maximum Gasteiger partial charge on any atom is 0.233 e. The van der Waals surface area contributed by atoms with Crippen molar-refractivity contribution in [3.63, 3.8) is 0 Å². The van der Waals surface area contributed by atoms with Crippen molar-refractivity contribution in [2.75, 3.05) is 19.8 Å². The van der Waals surface area contributed by atoms with E-state index in [4.69, 9.17) is 9.47 Å². The summed E-state index contributed by atoms with van der Waals surface area (Å²) < 4.78 is 10.5. The van der Waals surface area contributed by atoms with Crippen LogP contribution in [0.25, 0.3) is 0 Å². The SMILES string of the molecule is CCOC(CNC(=O)C(C)Br)OCC. The molecule has 0 rings (SSSR count). The van der Waals surface area contributed by atoms with Gasteiger partial charge >= 0.3 is 0 Å². The van der Waals surface area contributed by atoms with Gasteiger partial charge in [-0.25, -0.2) is 0 Å². The maximum atomic E-state index is 11.2. The van der Waals surface area contributed by atoms with Gasteiger partial charge in [-0.1, -0.05) is 15.9 Å². The quantitative estimate of drug-likeness (QED) is 0.559. The summed E-state index contributed by atoms with van der Waals surface area (Å²) in [5.74, 6) is -0.0607. The summed E-state index contributed by atoms with van der Waals surface area (Å²) in [7, 11) is 0. The van der Waals surface area contributed by atoms with Crippen molar-refractivity contribution >= 4 is 21.8 Å². The van der Waals surface area contributed by atoms with Gasteiger partial charge in [0, 0.05) is 13.2 Å². The molecular formula is C9H18BrNO3. The van der Waals surface area contributed by atoms with Crippen LogP contribution in [0.5, 0.6) is 0 Å². The molecule has 0 fully saturated rings. The molecule has 0 aromatic carbocycles. The molecule has 0 aromatic rings. The molecule has 4 nitrogen and oxygen atoms in total. The minimum atomic E-state index is -0.347. The molecule has 14 heavy (non-hydrogen) atoms. The van der Waals surface area contributed by atoms with E-state index in [1.165, 1.54) is 0 Å². The molecule has 0 saturated heterocycles. The minimum Gasteiger partial charge on any atom is -0.351 e. The molecule has 0 aromatic heterocycles. The highest BCUT2D eigenvalue weighted by molar-refractivity contribution is 9.10. The summed E-state index contributed by atoms with van der Waals surface area (Å²) in [4.78, 5) is 11.0. The van der Waals surface area contributed by atoms with Gasteiger partial charge in [0.15, 0.2) is 6.29 Å². The summed E-state index contributed by atoms with van der Waals surface area (Å²) in [5, 5.41) is 2.72. The highest BCUT2D eigenvalue weighted by atomic mass is 79.9. The molecule has 0 aliphatic heterocycles. The van der Waals surface area contributed by atoms with E-state index in [0.29, 0.717) is 19.8 Å². The van der Waals surface area contributed by atoms with Gasteiger partial charge in [0.05, 0.1) is 11.4 Å². The fraction of sp³-hybridized carbons (Fsp3) is 0.889. The van der Waals surface area contributed by atoms with Crippen molar-refractivity contribution < 1.29 is 14.3 Å². The predicted octanol–water partition coefficient (Wildman–Crippen LogP) is 1.29. The molecular weight excluding hydrogens is 250 g/mol. The van der Waals surface area contributed by atoms with E-state index in [9.17, 15) is 4.79 Å². The fourth-order valence-corrected chi connectivity index (χ4v) is 1.02. The van der Waals surface area contributed by atoms with Crippen LogP contribution in [-0.4, -0.2) is 36.8 Å². The Morgan fingerprint density at radius 3 is 2.21 bits per heavy atom. The van der Waals surface area contributed by atoms with E-state index in [1.807, 2.05) is 13.8 Å². The number of alkyl halides is 1. The number of nitrogens with one attached hydrogen (secondary N) is 1. The molecule has 0 heterocycles. The van der Waals surface area contributed by atoms with Gasteiger partial charge in [-0.3, -0.25) is 4.79 Å². The van der Waals surface area contributed by atoms with Crippen molar-refractivity contribution in [1.82, 2.24) is 5.32 Å². The Hall–Kier alpha value is -0.130. The van der Waals surface area contributed by atoms with Crippen LogP contribution in [0.15, 0.2) is 0 Å². The van der Waals surface area contributed by atoms with Crippen molar-refractivity contribution in [3.8, 4) is 0 Å². The summed E-state index contributed by atoms with van der Waals surface area (Å²) in [5.41, 5.74) is 0. The van der Waals surface area contributed by atoms with E-state index in [2.05, 4.69) is 21.2 Å². The van der Waals surface area contributed by atoms with E-state index in [1.54, 1.807) is 6.92 Å². The number of carbonyl (C=O) groups excluding carboxylic acids is 1. The molecule has 0 spiro atoms. The first-order valence-electron chi connectivity index (χ1n) is 4.76. The van der Waals surface area contributed by atoms with Gasteiger partial charge < -0.3 is 14.8 Å². The van der Waals surface area contributed by atoms with Crippen LogP contribution >= 0.6 is 15.9 Å². The molecule has 0 aliphatic rings. The van der Waals surface area contributed by atoms with E-state index >= 15 is 0 Å². The van der Waals surface area contributed by atoms with Gasteiger partial charge in [-0.05, 0) is 20.8 Å². The maximum absolute atomic E-state index is 11.2. The average molecular weight is 268 g/mol. The molecule has 0 radical (unpaired) electrons. The number of rotatable bonds is 7. The predicted molar refractivity (Wildman–Crippen MR) is 58.4 cm³/mol. The standard InChI is InChI=1S/C9H18BrNO3/c1-4-13-8(14-5-2)6-11-9(12)7(3)10/h7-8H,4-6H2,1-3H3,(H,11,12). The number of hydrogen-bond donors (Lipinski definition) is 1. The molecule has 0 bridgehead atoms. The lowest BCUT2D eigenvalue weighted by Crippen LogP contribution is -2.38. The van der Waals surface area contributed by atoms with Crippen LogP contribution in [0, 0.1) is 0 Å². The van der Waals surface area contributed by atoms with Crippen LogP contribution < -0.4 is 5.32 Å². The average Bonchev–Trinajstić information content (AvgIpc) is 2.14. The number of carbonyl (C=O) groups is 1. The van der Waals surface area contributed by atoms with Crippen LogP contribution in [0.3, 0.4) is 0 Å². The van der Waals surface area contributed by atoms with Crippen LogP contribution in [0.4, 0.5) is 0 Å². The zero-order valence-corrected chi connectivity index (χ0v) is 10.5. The first kappa shape index (κ1) is 13.9. The van der Waals surface area contributed by atoms with Crippen molar-refractivity contribution in [2.24, 2.45) is 0 Å². The molecule has 1 unspecified atom stereocenters. The second-order valence-electron chi connectivity index (χ2n) is 2.70. The third kappa shape index (κ3) is 6.34. The largest absolute Gasteiger partial charge is 0.351 e. The van der Waals surface area contributed by atoms with Crippen LogP contribution in [-0.2, 0) is 14.3 Å². The Morgan fingerprint density at radius 2 is 1.86 bits per heavy atom. The molecule has 5 heteroatoms. The first-order chi connectivity index (χ1) is 6.61. The molecule has 1 amide bonds. The Balaban J connectivity index is 3.74. The third-order valence-electron chi connectivity index (χ3n) is 1.51. The van der Waals surface area contributed by atoms with Crippen LogP contribution in [0.2, 0.25) is 0 Å². The molecule has 1 atom stereocenters. The zero-order valence-electron chi connectivity index (χ0n) is 8.88. The highest BCUT2D eigenvalue weighted by Gasteiger charge is 2.12. The van der Waals surface area contributed by atoms with Gasteiger partial charge in [0.1, 0.15) is 0 Å². The van der Waals surface area contributed by atoms with Gasteiger partial charge in [-0.15, -0.1) is 0 Å². The van der Waals surface area contributed by atoms with E-state index < -0.39 is 0 Å². The topological polar surface area (TPSA) is 47.6 Å². The van der Waals surface area contributed by atoms with Crippen molar-refractivity contribution in [1.29, 1.82) is 0 Å². The van der Waals surface area contributed by atoms with E-state index in [-0.39, 0.29) is 17.0 Å². The highest BCUT2D eigenvalue weighted by Crippen LogP contribution is 1.98. The lowest BCUT2D eigenvalue weighted by Gasteiger charge is -2.17. The number of amides is 1. The van der Waals surface area contributed by atoms with Gasteiger partial charge in [0.2, 0.25) is 5.91 Å². The summed E-state index contributed by atoms with van der Waals surface area (Å²) in [6.45, 7) is 7.08. The zero-order chi connectivity index (χ0) is 11.0. The van der Waals surface area contributed by atoms with Gasteiger partial charge in [-0.2, -0.15) is 0 Å². The second-order valence-corrected chi connectivity index (χ2v) is 4.07. The number of hydrogen-bond acceptors (Lipinski definition) is 3. The number of ether oxygens (including phenoxy) is 2. The van der Waals surface area contributed by atoms with Gasteiger partial charge in [0.25, 0.3) is 0 Å². The Morgan fingerprint density at radius 1 is 1.36 bits per heavy atom. The summed E-state index contributed by atoms with van der Waals surface area (Å²) in [6.07, 6.45) is -0.347.